The van der Waals surface area contributed by atoms with E-state index in [-0.39, 0.29) is 12.0 Å². The van der Waals surface area contributed by atoms with E-state index in [4.69, 9.17) is 4.74 Å². The highest BCUT2D eigenvalue weighted by Crippen LogP contribution is 2.15. The van der Waals surface area contributed by atoms with E-state index in [2.05, 4.69) is 23.7 Å². The number of carbonyl (C=O) groups excluding carboxylic acids is 1. The Morgan fingerprint density at radius 1 is 1.50 bits per heavy atom. The molecule has 1 atom stereocenters. The molecular weight excluding hydrogens is 278 g/mol. The highest BCUT2D eigenvalue weighted by atomic mass is 16.5. The zero-order valence-electron chi connectivity index (χ0n) is 13.9. The maximum atomic E-state index is 12.7. The highest BCUT2D eigenvalue weighted by Gasteiger charge is 2.23. The van der Waals surface area contributed by atoms with E-state index in [1.54, 1.807) is 6.20 Å². The molecule has 0 spiro atoms. The predicted molar refractivity (Wildman–Crippen MR) is 86.4 cm³/mol. The summed E-state index contributed by atoms with van der Waals surface area (Å²) in [6.07, 6.45) is 5.87. The Kier molecular flexibility index (Phi) is 6.34. The van der Waals surface area contributed by atoms with Gasteiger partial charge in [0.2, 0.25) is 5.91 Å². The second-order valence-electron chi connectivity index (χ2n) is 6.28. The van der Waals surface area contributed by atoms with Crippen LogP contribution in [0.25, 0.3) is 0 Å². The number of amides is 1. The van der Waals surface area contributed by atoms with Crippen molar-refractivity contribution in [1.82, 2.24) is 14.8 Å². The molecule has 1 aromatic heterocycles. The fourth-order valence-electron chi connectivity index (χ4n) is 2.50. The van der Waals surface area contributed by atoms with Crippen LogP contribution in [0, 0.1) is 0 Å². The number of likely N-dealkylation sites (N-methyl/N-ethyl adjacent to an activating group) is 1. The topological polar surface area (TPSA) is 45.7 Å². The summed E-state index contributed by atoms with van der Waals surface area (Å²) in [6, 6.07) is 4.27. The first-order valence-corrected chi connectivity index (χ1v) is 8.04. The van der Waals surface area contributed by atoms with Crippen LogP contribution in [-0.4, -0.2) is 59.6 Å². The molecule has 0 bridgehead atoms. The van der Waals surface area contributed by atoms with Crippen molar-refractivity contribution in [2.75, 3.05) is 26.7 Å². The number of rotatable bonds is 7. The minimum atomic E-state index is 0.149. The molecule has 0 unspecified atom stereocenters. The normalized spacial score (nSPS) is 18.1. The number of hydrogen-bond donors (Lipinski definition) is 0. The van der Waals surface area contributed by atoms with Gasteiger partial charge in [0.15, 0.2) is 0 Å². The molecule has 2 heterocycles. The van der Waals surface area contributed by atoms with E-state index >= 15 is 0 Å². The Labute approximate surface area is 133 Å². The van der Waals surface area contributed by atoms with Crippen LogP contribution in [0.4, 0.5) is 0 Å². The van der Waals surface area contributed by atoms with Gasteiger partial charge in [-0.1, -0.05) is 6.07 Å². The van der Waals surface area contributed by atoms with Crippen LogP contribution in [0.15, 0.2) is 24.5 Å². The van der Waals surface area contributed by atoms with Crippen LogP contribution in [0.1, 0.15) is 32.3 Å². The average Bonchev–Trinajstić information content (AvgIpc) is 3.00. The maximum absolute atomic E-state index is 12.7. The third-order valence-corrected chi connectivity index (χ3v) is 4.16. The van der Waals surface area contributed by atoms with Crippen LogP contribution in [0.5, 0.6) is 0 Å². The molecule has 122 valence electrons. The first kappa shape index (κ1) is 16.9. The zero-order chi connectivity index (χ0) is 15.9. The second kappa shape index (κ2) is 8.25. The summed E-state index contributed by atoms with van der Waals surface area (Å²) >= 11 is 0. The number of pyridine rings is 1. The summed E-state index contributed by atoms with van der Waals surface area (Å²) < 4.78 is 5.70. The van der Waals surface area contributed by atoms with Crippen molar-refractivity contribution in [3.8, 4) is 0 Å². The van der Waals surface area contributed by atoms with E-state index < -0.39 is 0 Å². The fourth-order valence-corrected chi connectivity index (χ4v) is 2.50. The number of aromatic nitrogens is 1. The molecule has 0 radical (unpaired) electrons. The smallest absolute Gasteiger partial charge is 0.237 e. The standard InChI is InChI=1S/C17H27N3O2/c1-14(2)19(3)13-17(21)20(12-16-7-5-9-22-16)11-15-6-4-8-18-10-15/h4,6,8,10,14,16H,5,7,9,11-13H2,1-3H3/t16-/m0/s1. The van der Waals surface area contributed by atoms with Crippen LogP contribution < -0.4 is 0 Å². The minimum absolute atomic E-state index is 0.149. The first-order valence-electron chi connectivity index (χ1n) is 8.04. The van der Waals surface area contributed by atoms with Crippen molar-refractivity contribution in [3.63, 3.8) is 0 Å². The van der Waals surface area contributed by atoms with Gasteiger partial charge in [0.1, 0.15) is 0 Å². The van der Waals surface area contributed by atoms with E-state index in [0.29, 0.717) is 25.7 Å². The Morgan fingerprint density at radius 3 is 2.91 bits per heavy atom. The summed E-state index contributed by atoms with van der Waals surface area (Å²) in [5.74, 6) is 0.149. The molecule has 22 heavy (non-hydrogen) atoms. The van der Waals surface area contributed by atoms with E-state index in [0.717, 1.165) is 25.0 Å². The largest absolute Gasteiger partial charge is 0.376 e. The molecule has 1 aliphatic rings. The minimum Gasteiger partial charge on any atom is -0.376 e. The van der Waals surface area contributed by atoms with Crippen molar-refractivity contribution in [3.05, 3.63) is 30.1 Å². The summed E-state index contributed by atoms with van der Waals surface area (Å²) in [4.78, 5) is 20.8. The number of carbonyl (C=O) groups is 1. The first-order chi connectivity index (χ1) is 10.6. The molecule has 1 aromatic rings. The van der Waals surface area contributed by atoms with Gasteiger partial charge in [-0.15, -0.1) is 0 Å². The van der Waals surface area contributed by atoms with E-state index in [1.807, 2.05) is 30.3 Å². The molecule has 0 N–H and O–H groups in total. The Hall–Kier alpha value is -1.46. The SMILES string of the molecule is CC(C)N(C)CC(=O)N(Cc1cccnc1)C[C@@H]1CCCO1. The van der Waals surface area contributed by atoms with Crippen LogP contribution in [0.3, 0.4) is 0 Å². The van der Waals surface area contributed by atoms with Gasteiger partial charge in [0.25, 0.3) is 0 Å². The summed E-state index contributed by atoms with van der Waals surface area (Å²) in [6.45, 7) is 6.70. The Balaban J connectivity index is 2.01. The summed E-state index contributed by atoms with van der Waals surface area (Å²) in [5.41, 5.74) is 1.06. The van der Waals surface area contributed by atoms with Crippen LogP contribution in [-0.2, 0) is 16.1 Å². The van der Waals surface area contributed by atoms with Crippen molar-refractivity contribution in [2.45, 2.75) is 45.4 Å². The van der Waals surface area contributed by atoms with Gasteiger partial charge in [0, 0.05) is 38.1 Å². The zero-order valence-corrected chi connectivity index (χ0v) is 13.9. The monoisotopic (exact) mass is 305 g/mol. The summed E-state index contributed by atoms with van der Waals surface area (Å²) in [7, 11) is 1.98. The van der Waals surface area contributed by atoms with Crippen LogP contribution >= 0.6 is 0 Å². The van der Waals surface area contributed by atoms with Crippen molar-refractivity contribution in [1.29, 1.82) is 0 Å². The van der Waals surface area contributed by atoms with E-state index in [9.17, 15) is 4.79 Å². The fraction of sp³-hybridized carbons (Fsp3) is 0.647. The lowest BCUT2D eigenvalue weighted by Crippen LogP contribution is -2.43. The molecule has 5 nitrogen and oxygen atoms in total. The van der Waals surface area contributed by atoms with Crippen molar-refractivity contribution in [2.24, 2.45) is 0 Å². The van der Waals surface area contributed by atoms with Gasteiger partial charge in [0.05, 0.1) is 12.6 Å². The highest BCUT2D eigenvalue weighted by molar-refractivity contribution is 5.78. The van der Waals surface area contributed by atoms with Gasteiger partial charge in [-0.3, -0.25) is 14.7 Å². The lowest BCUT2D eigenvalue weighted by Gasteiger charge is -2.29. The number of nitrogens with zero attached hydrogens (tertiary/aromatic N) is 3. The lowest BCUT2D eigenvalue weighted by molar-refractivity contribution is -0.134. The quantitative estimate of drug-likeness (QED) is 0.772. The molecule has 1 amide bonds. The van der Waals surface area contributed by atoms with Crippen molar-refractivity contribution >= 4 is 5.91 Å². The predicted octanol–water partition coefficient (Wildman–Crippen LogP) is 1.93. The maximum Gasteiger partial charge on any atom is 0.237 e. The Bertz CT molecular complexity index is 458. The molecule has 0 saturated carbocycles. The molecule has 0 aliphatic carbocycles. The molecule has 1 saturated heterocycles. The molecular formula is C17H27N3O2. The van der Waals surface area contributed by atoms with Crippen LogP contribution in [0.2, 0.25) is 0 Å². The van der Waals surface area contributed by atoms with Crippen molar-refractivity contribution < 1.29 is 9.53 Å². The molecule has 0 aromatic carbocycles. The second-order valence-corrected chi connectivity index (χ2v) is 6.28. The van der Waals surface area contributed by atoms with Gasteiger partial charge in [-0.2, -0.15) is 0 Å². The molecule has 1 fully saturated rings. The van der Waals surface area contributed by atoms with Gasteiger partial charge in [-0.05, 0) is 45.4 Å². The molecule has 5 heteroatoms. The number of ether oxygens (including phenoxy) is 1. The van der Waals surface area contributed by atoms with E-state index in [1.165, 1.54) is 0 Å². The van der Waals surface area contributed by atoms with Gasteiger partial charge in [-0.25, -0.2) is 0 Å². The lowest BCUT2D eigenvalue weighted by atomic mass is 10.2. The molecule has 2 rings (SSSR count). The Morgan fingerprint density at radius 2 is 2.32 bits per heavy atom. The molecule has 1 aliphatic heterocycles. The van der Waals surface area contributed by atoms with Gasteiger partial charge >= 0.3 is 0 Å². The third-order valence-electron chi connectivity index (χ3n) is 4.16. The van der Waals surface area contributed by atoms with Gasteiger partial charge < -0.3 is 9.64 Å². The number of hydrogen-bond acceptors (Lipinski definition) is 4. The average molecular weight is 305 g/mol. The summed E-state index contributed by atoms with van der Waals surface area (Å²) in [5, 5.41) is 0. The third kappa shape index (κ3) is 5.07.